The first kappa shape index (κ1) is 8.10. The number of aliphatic imine (C=N–C) groups is 1. The Morgan fingerprint density at radius 3 is 3.00 bits per heavy atom. The third kappa shape index (κ3) is 1.64. The summed E-state index contributed by atoms with van der Waals surface area (Å²) in [6.07, 6.45) is 0.0138. The van der Waals surface area contributed by atoms with Crippen molar-refractivity contribution in [3.05, 3.63) is 35.4 Å². The lowest BCUT2D eigenvalue weighted by Crippen LogP contribution is -2.13. The van der Waals surface area contributed by atoms with E-state index in [9.17, 15) is 0 Å². The van der Waals surface area contributed by atoms with Crippen molar-refractivity contribution in [2.45, 2.75) is 13.0 Å². The van der Waals surface area contributed by atoms with Gasteiger partial charge in [-0.2, -0.15) is 0 Å². The van der Waals surface area contributed by atoms with E-state index in [1.807, 2.05) is 12.1 Å². The average Bonchev–Trinajstić information content (AvgIpc) is 2.52. The molecule has 13 heavy (non-hydrogen) atoms. The Kier molecular flexibility index (Phi) is 1.93. The number of amidine groups is 1. The maximum absolute atomic E-state index is 5.43. The zero-order valence-corrected chi connectivity index (χ0v) is 7.53. The number of aryl methyl sites for hydroxylation is 1. The SMILES string of the molecule is Cc1cccc(C2CN=C(N)O2)c1. The van der Waals surface area contributed by atoms with Gasteiger partial charge in [-0.05, 0) is 12.5 Å². The standard InChI is InChI=1S/C10H12N2O/c1-7-3-2-4-8(5-7)9-6-12-10(11)13-9/h2-5,9H,6H2,1H3,(H2,11,12). The molecule has 0 saturated heterocycles. The highest BCUT2D eigenvalue weighted by Gasteiger charge is 2.19. The van der Waals surface area contributed by atoms with Gasteiger partial charge in [0.05, 0.1) is 6.54 Å². The Morgan fingerprint density at radius 1 is 1.54 bits per heavy atom. The minimum atomic E-state index is 0.0138. The van der Waals surface area contributed by atoms with Gasteiger partial charge in [-0.25, -0.2) is 4.99 Å². The van der Waals surface area contributed by atoms with Crippen LogP contribution in [0.2, 0.25) is 0 Å². The molecule has 0 amide bonds. The highest BCUT2D eigenvalue weighted by atomic mass is 16.5. The van der Waals surface area contributed by atoms with E-state index in [0.717, 1.165) is 5.56 Å². The van der Waals surface area contributed by atoms with Crippen molar-refractivity contribution in [1.29, 1.82) is 0 Å². The molecule has 0 aliphatic carbocycles. The van der Waals surface area contributed by atoms with E-state index in [1.165, 1.54) is 5.56 Å². The molecule has 0 saturated carbocycles. The molecule has 2 N–H and O–H groups in total. The van der Waals surface area contributed by atoms with Crippen LogP contribution in [0.4, 0.5) is 0 Å². The number of hydrogen-bond acceptors (Lipinski definition) is 3. The van der Waals surface area contributed by atoms with Crippen molar-refractivity contribution in [2.75, 3.05) is 6.54 Å². The van der Waals surface area contributed by atoms with Gasteiger partial charge in [-0.15, -0.1) is 0 Å². The molecule has 1 unspecified atom stereocenters. The first-order chi connectivity index (χ1) is 6.25. The van der Waals surface area contributed by atoms with Crippen molar-refractivity contribution in [2.24, 2.45) is 10.7 Å². The highest BCUT2D eigenvalue weighted by Crippen LogP contribution is 2.22. The van der Waals surface area contributed by atoms with E-state index in [1.54, 1.807) is 0 Å². The normalized spacial score (nSPS) is 21.0. The Hall–Kier alpha value is -1.51. The number of rotatable bonds is 1. The number of hydrogen-bond donors (Lipinski definition) is 1. The van der Waals surface area contributed by atoms with Crippen LogP contribution in [-0.4, -0.2) is 12.6 Å². The van der Waals surface area contributed by atoms with E-state index >= 15 is 0 Å². The molecular formula is C10H12N2O. The largest absolute Gasteiger partial charge is 0.455 e. The number of ether oxygens (including phenoxy) is 1. The Balaban J connectivity index is 2.18. The van der Waals surface area contributed by atoms with E-state index in [-0.39, 0.29) is 6.10 Å². The molecule has 1 atom stereocenters. The van der Waals surface area contributed by atoms with Crippen LogP contribution in [0.3, 0.4) is 0 Å². The van der Waals surface area contributed by atoms with Crippen LogP contribution in [-0.2, 0) is 4.74 Å². The molecule has 0 aromatic heterocycles. The lowest BCUT2D eigenvalue weighted by molar-refractivity contribution is 0.226. The fourth-order valence-electron chi connectivity index (χ4n) is 1.44. The lowest BCUT2D eigenvalue weighted by atomic mass is 10.1. The van der Waals surface area contributed by atoms with Gasteiger partial charge < -0.3 is 10.5 Å². The van der Waals surface area contributed by atoms with Gasteiger partial charge in [0.1, 0.15) is 6.10 Å². The molecule has 0 fully saturated rings. The van der Waals surface area contributed by atoms with E-state index in [4.69, 9.17) is 10.5 Å². The predicted octanol–water partition coefficient (Wildman–Crippen LogP) is 1.38. The second-order valence-corrected chi connectivity index (χ2v) is 3.20. The summed E-state index contributed by atoms with van der Waals surface area (Å²) in [6, 6.07) is 8.50. The van der Waals surface area contributed by atoms with Crippen LogP contribution >= 0.6 is 0 Å². The number of nitrogens with two attached hydrogens (primary N) is 1. The summed E-state index contributed by atoms with van der Waals surface area (Å²) >= 11 is 0. The van der Waals surface area contributed by atoms with Crippen LogP contribution in [0.25, 0.3) is 0 Å². The first-order valence-electron chi connectivity index (χ1n) is 4.29. The van der Waals surface area contributed by atoms with Gasteiger partial charge >= 0.3 is 0 Å². The van der Waals surface area contributed by atoms with Gasteiger partial charge in [-0.3, -0.25) is 0 Å². The van der Waals surface area contributed by atoms with Crippen molar-refractivity contribution < 1.29 is 4.74 Å². The molecule has 1 aromatic rings. The summed E-state index contributed by atoms with van der Waals surface area (Å²) in [7, 11) is 0. The van der Waals surface area contributed by atoms with Crippen LogP contribution in [0, 0.1) is 6.92 Å². The third-order valence-corrected chi connectivity index (χ3v) is 2.09. The van der Waals surface area contributed by atoms with Crippen molar-refractivity contribution in [3.63, 3.8) is 0 Å². The predicted molar refractivity (Wildman–Crippen MR) is 51.5 cm³/mol. The minimum Gasteiger partial charge on any atom is -0.455 e. The molecule has 1 aliphatic rings. The van der Waals surface area contributed by atoms with Crippen LogP contribution in [0.15, 0.2) is 29.3 Å². The molecule has 3 heteroatoms. The summed E-state index contributed by atoms with van der Waals surface area (Å²) in [5.41, 5.74) is 7.80. The molecule has 2 rings (SSSR count). The van der Waals surface area contributed by atoms with E-state index in [0.29, 0.717) is 12.6 Å². The molecule has 1 aromatic carbocycles. The van der Waals surface area contributed by atoms with Crippen molar-refractivity contribution >= 4 is 6.02 Å². The number of benzene rings is 1. The zero-order chi connectivity index (χ0) is 9.26. The lowest BCUT2D eigenvalue weighted by Gasteiger charge is -2.10. The smallest absolute Gasteiger partial charge is 0.282 e. The summed E-state index contributed by atoms with van der Waals surface area (Å²) in [5.74, 6) is 0. The van der Waals surface area contributed by atoms with E-state index < -0.39 is 0 Å². The summed E-state index contributed by atoms with van der Waals surface area (Å²) < 4.78 is 5.33. The third-order valence-electron chi connectivity index (χ3n) is 2.09. The summed E-state index contributed by atoms with van der Waals surface area (Å²) in [5, 5.41) is 0. The Bertz CT molecular complexity index is 347. The molecule has 1 aliphatic heterocycles. The first-order valence-corrected chi connectivity index (χ1v) is 4.29. The second-order valence-electron chi connectivity index (χ2n) is 3.20. The molecule has 0 spiro atoms. The van der Waals surface area contributed by atoms with Crippen LogP contribution in [0.5, 0.6) is 0 Å². The minimum absolute atomic E-state index is 0.0138. The van der Waals surface area contributed by atoms with Gasteiger partial charge in [-0.1, -0.05) is 29.8 Å². The monoisotopic (exact) mass is 176 g/mol. The number of nitrogens with zero attached hydrogens (tertiary/aromatic N) is 1. The maximum atomic E-state index is 5.43. The quantitative estimate of drug-likeness (QED) is 0.702. The van der Waals surface area contributed by atoms with Gasteiger partial charge in [0.15, 0.2) is 0 Å². The average molecular weight is 176 g/mol. The summed E-state index contributed by atoms with van der Waals surface area (Å²) in [6.45, 7) is 2.69. The molecular weight excluding hydrogens is 164 g/mol. The Morgan fingerprint density at radius 2 is 2.38 bits per heavy atom. The van der Waals surface area contributed by atoms with Gasteiger partial charge in [0, 0.05) is 0 Å². The topological polar surface area (TPSA) is 47.6 Å². The van der Waals surface area contributed by atoms with Gasteiger partial charge in [0.2, 0.25) is 0 Å². The van der Waals surface area contributed by atoms with Crippen molar-refractivity contribution in [1.82, 2.24) is 0 Å². The highest BCUT2D eigenvalue weighted by molar-refractivity contribution is 5.73. The fraction of sp³-hybridized carbons (Fsp3) is 0.300. The Labute approximate surface area is 77.2 Å². The molecule has 1 heterocycles. The van der Waals surface area contributed by atoms with Gasteiger partial charge in [0.25, 0.3) is 6.02 Å². The molecule has 0 radical (unpaired) electrons. The zero-order valence-electron chi connectivity index (χ0n) is 7.53. The van der Waals surface area contributed by atoms with E-state index in [2.05, 4.69) is 24.0 Å². The molecule has 0 bridgehead atoms. The maximum Gasteiger partial charge on any atom is 0.282 e. The van der Waals surface area contributed by atoms with Crippen LogP contribution in [0.1, 0.15) is 17.2 Å². The second kappa shape index (κ2) is 3.09. The molecule has 3 nitrogen and oxygen atoms in total. The molecule has 68 valence electrons. The summed E-state index contributed by atoms with van der Waals surface area (Å²) in [4.78, 5) is 4.00. The van der Waals surface area contributed by atoms with Crippen molar-refractivity contribution in [3.8, 4) is 0 Å². The fourth-order valence-corrected chi connectivity index (χ4v) is 1.44. The van der Waals surface area contributed by atoms with Crippen LogP contribution < -0.4 is 5.73 Å².